The van der Waals surface area contributed by atoms with Crippen LogP contribution >= 0.6 is 0 Å². The van der Waals surface area contributed by atoms with E-state index < -0.39 is 0 Å². The Bertz CT molecular complexity index is 162. The first-order valence-electron chi connectivity index (χ1n) is 6.91. The molecule has 0 heterocycles. The van der Waals surface area contributed by atoms with Crippen LogP contribution < -0.4 is 5.32 Å². The molecule has 104 valence electrons. The summed E-state index contributed by atoms with van der Waals surface area (Å²) < 4.78 is 5.04. The van der Waals surface area contributed by atoms with E-state index >= 15 is 0 Å². The molecule has 1 unspecified atom stereocenters. The highest BCUT2D eigenvalue weighted by Gasteiger charge is 2.15. The van der Waals surface area contributed by atoms with E-state index in [4.69, 9.17) is 4.74 Å². The zero-order valence-electron chi connectivity index (χ0n) is 12.6. The molecule has 0 bridgehead atoms. The lowest BCUT2D eigenvalue weighted by Gasteiger charge is -2.32. The van der Waals surface area contributed by atoms with E-state index in [0.717, 1.165) is 31.5 Å². The summed E-state index contributed by atoms with van der Waals surface area (Å²) in [6.45, 7) is 16.6. The Morgan fingerprint density at radius 1 is 1.00 bits per heavy atom. The van der Waals surface area contributed by atoms with Gasteiger partial charge in [-0.15, -0.1) is 0 Å². The number of rotatable bonds is 10. The standard InChI is InChI=1S/C14H32N2O/c1-12(2)10-16(11-13(3)4)14(5)9-15-7-8-17-6/h12-15H,7-11H2,1-6H3. The van der Waals surface area contributed by atoms with Crippen LogP contribution in [0, 0.1) is 11.8 Å². The molecule has 0 rings (SSSR count). The van der Waals surface area contributed by atoms with Gasteiger partial charge in [0.25, 0.3) is 0 Å². The number of nitrogens with zero attached hydrogens (tertiary/aromatic N) is 1. The van der Waals surface area contributed by atoms with Crippen molar-refractivity contribution in [1.29, 1.82) is 0 Å². The third-order valence-electron chi connectivity index (χ3n) is 2.75. The van der Waals surface area contributed by atoms with E-state index in [9.17, 15) is 0 Å². The predicted octanol–water partition coefficient (Wildman–Crippen LogP) is 2.22. The van der Waals surface area contributed by atoms with Crippen LogP contribution in [-0.2, 0) is 4.74 Å². The Balaban J connectivity index is 3.98. The van der Waals surface area contributed by atoms with Gasteiger partial charge in [0.05, 0.1) is 6.61 Å². The smallest absolute Gasteiger partial charge is 0.0587 e. The average molecular weight is 244 g/mol. The summed E-state index contributed by atoms with van der Waals surface area (Å²) in [4.78, 5) is 2.59. The molecule has 0 aromatic carbocycles. The first-order chi connectivity index (χ1) is 7.97. The lowest BCUT2D eigenvalue weighted by Crippen LogP contribution is -2.44. The molecule has 0 aliphatic heterocycles. The molecule has 17 heavy (non-hydrogen) atoms. The van der Waals surface area contributed by atoms with Gasteiger partial charge in [-0.2, -0.15) is 0 Å². The third-order valence-corrected chi connectivity index (χ3v) is 2.75. The summed E-state index contributed by atoms with van der Waals surface area (Å²) in [7, 11) is 1.74. The fraction of sp³-hybridized carbons (Fsp3) is 1.00. The molecule has 0 aromatic heterocycles. The Hall–Kier alpha value is -0.120. The molecule has 0 aliphatic rings. The van der Waals surface area contributed by atoms with Crippen LogP contribution in [0.4, 0.5) is 0 Å². The largest absolute Gasteiger partial charge is 0.383 e. The van der Waals surface area contributed by atoms with Crippen LogP contribution in [0.1, 0.15) is 34.6 Å². The van der Waals surface area contributed by atoms with Crippen LogP contribution in [0.25, 0.3) is 0 Å². The number of nitrogens with one attached hydrogen (secondary N) is 1. The fourth-order valence-corrected chi connectivity index (χ4v) is 1.99. The van der Waals surface area contributed by atoms with Gasteiger partial charge in [0.15, 0.2) is 0 Å². The number of hydrogen-bond donors (Lipinski definition) is 1. The highest BCUT2D eigenvalue weighted by atomic mass is 16.5. The SMILES string of the molecule is COCCNCC(C)N(CC(C)C)CC(C)C. The Morgan fingerprint density at radius 2 is 1.53 bits per heavy atom. The van der Waals surface area contributed by atoms with Gasteiger partial charge in [-0.05, 0) is 18.8 Å². The molecule has 0 saturated carbocycles. The summed E-state index contributed by atoms with van der Waals surface area (Å²) in [5, 5.41) is 3.45. The second-order valence-electron chi connectivity index (χ2n) is 5.79. The van der Waals surface area contributed by atoms with Gasteiger partial charge in [0, 0.05) is 39.3 Å². The van der Waals surface area contributed by atoms with Gasteiger partial charge in [-0.3, -0.25) is 4.90 Å². The Kier molecular flexibility index (Phi) is 9.79. The molecule has 3 nitrogen and oxygen atoms in total. The van der Waals surface area contributed by atoms with Crippen LogP contribution in [0.2, 0.25) is 0 Å². The van der Waals surface area contributed by atoms with E-state index in [1.165, 1.54) is 13.1 Å². The summed E-state index contributed by atoms with van der Waals surface area (Å²) >= 11 is 0. The minimum absolute atomic E-state index is 0.594. The van der Waals surface area contributed by atoms with Gasteiger partial charge in [0.2, 0.25) is 0 Å². The van der Waals surface area contributed by atoms with E-state index in [1.807, 2.05) is 0 Å². The topological polar surface area (TPSA) is 24.5 Å². The predicted molar refractivity (Wildman–Crippen MR) is 75.5 cm³/mol. The molecule has 0 aromatic rings. The van der Waals surface area contributed by atoms with Crippen molar-refractivity contribution in [3.8, 4) is 0 Å². The van der Waals surface area contributed by atoms with Crippen molar-refractivity contribution in [2.24, 2.45) is 11.8 Å². The van der Waals surface area contributed by atoms with Gasteiger partial charge in [0.1, 0.15) is 0 Å². The minimum atomic E-state index is 0.594. The lowest BCUT2D eigenvalue weighted by atomic mass is 10.1. The van der Waals surface area contributed by atoms with Crippen LogP contribution in [-0.4, -0.2) is 50.8 Å². The van der Waals surface area contributed by atoms with Gasteiger partial charge in [-0.25, -0.2) is 0 Å². The summed E-state index contributed by atoms with van der Waals surface area (Å²) in [6, 6.07) is 0.594. The molecule has 1 N–H and O–H groups in total. The molecule has 0 spiro atoms. The molecule has 3 heteroatoms. The maximum atomic E-state index is 5.04. The first-order valence-corrected chi connectivity index (χ1v) is 6.91. The molecule has 0 radical (unpaired) electrons. The quantitative estimate of drug-likeness (QED) is 0.596. The van der Waals surface area contributed by atoms with Crippen molar-refractivity contribution in [3.63, 3.8) is 0 Å². The van der Waals surface area contributed by atoms with Crippen molar-refractivity contribution in [1.82, 2.24) is 10.2 Å². The van der Waals surface area contributed by atoms with E-state index in [0.29, 0.717) is 6.04 Å². The maximum Gasteiger partial charge on any atom is 0.0587 e. The third kappa shape index (κ3) is 9.57. The normalized spacial score (nSPS) is 13.9. The second kappa shape index (κ2) is 9.86. The summed E-state index contributed by atoms with van der Waals surface area (Å²) in [5.74, 6) is 1.46. The van der Waals surface area contributed by atoms with Crippen molar-refractivity contribution >= 4 is 0 Å². The monoisotopic (exact) mass is 244 g/mol. The van der Waals surface area contributed by atoms with E-state index in [2.05, 4.69) is 44.8 Å². The molecular formula is C14H32N2O. The molecular weight excluding hydrogens is 212 g/mol. The van der Waals surface area contributed by atoms with Crippen LogP contribution in [0.5, 0.6) is 0 Å². The van der Waals surface area contributed by atoms with Gasteiger partial charge >= 0.3 is 0 Å². The molecule has 0 fully saturated rings. The van der Waals surface area contributed by atoms with Crippen molar-refractivity contribution < 1.29 is 4.74 Å². The summed E-state index contributed by atoms with van der Waals surface area (Å²) in [5.41, 5.74) is 0. The highest BCUT2D eigenvalue weighted by Crippen LogP contribution is 2.07. The van der Waals surface area contributed by atoms with Gasteiger partial charge in [-0.1, -0.05) is 27.7 Å². The average Bonchev–Trinajstić information content (AvgIpc) is 2.22. The minimum Gasteiger partial charge on any atom is -0.383 e. The van der Waals surface area contributed by atoms with E-state index in [-0.39, 0.29) is 0 Å². The van der Waals surface area contributed by atoms with Crippen molar-refractivity contribution in [3.05, 3.63) is 0 Å². The number of methoxy groups -OCH3 is 1. The Labute approximate surface area is 108 Å². The zero-order valence-corrected chi connectivity index (χ0v) is 12.6. The lowest BCUT2D eigenvalue weighted by molar-refractivity contribution is 0.157. The molecule has 0 amide bonds. The van der Waals surface area contributed by atoms with Gasteiger partial charge < -0.3 is 10.1 Å². The molecule has 1 atom stereocenters. The molecule has 0 aliphatic carbocycles. The van der Waals surface area contributed by atoms with Crippen molar-refractivity contribution in [2.75, 3.05) is 39.9 Å². The highest BCUT2D eigenvalue weighted by molar-refractivity contribution is 4.72. The number of ether oxygens (including phenoxy) is 1. The first kappa shape index (κ1) is 16.9. The maximum absolute atomic E-state index is 5.04. The second-order valence-corrected chi connectivity index (χ2v) is 5.79. The molecule has 0 saturated heterocycles. The fourth-order valence-electron chi connectivity index (χ4n) is 1.99. The van der Waals surface area contributed by atoms with Crippen molar-refractivity contribution in [2.45, 2.75) is 40.7 Å². The van der Waals surface area contributed by atoms with Crippen LogP contribution in [0.3, 0.4) is 0 Å². The van der Waals surface area contributed by atoms with E-state index in [1.54, 1.807) is 7.11 Å². The summed E-state index contributed by atoms with van der Waals surface area (Å²) in [6.07, 6.45) is 0. The zero-order chi connectivity index (χ0) is 13.3. The number of hydrogen-bond acceptors (Lipinski definition) is 3. The van der Waals surface area contributed by atoms with Crippen LogP contribution in [0.15, 0.2) is 0 Å². The Morgan fingerprint density at radius 3 is 1.94 bits per heavy atom.